The lowest BCUT2D eigenvalue weighted by Crippen LogP contribution is -2.41. The average Bonchev–Trinajstić information content (AvgIpc) is 2.64. The summed E-state index contributed by atoms with van der Waals surface area (Å²) in [5.41, 5.74) is -0.139. The number of carboxylic acids is 1. The quantitative estimate of drug-likeness (QED) is 0.867. The molecule has 2 N–H and O–H groups in total. The van der Waals surface area contributed by atoms with Gasteiger partial charge in [-0.15, -0.1) is 11.3 Å². The summed E-state index contributed by atoms with van der Waals surface area (Å²) >= 11 is 1.48. The van der Waals surface area contributed by atoms with Crippen LogP contribution in [0.2, 0.25) is 0 Å². The minimum Gasteiger partial charge on any atom is -0.481 e. The van der Waals surface area contributed by atoms with E-state index in [0.29, 0.717) is 5.69 Å². The molecule has 1 fully saturated rings. The summed E-state index contributed by atoms with van der Waals surface area (Å²) in [5.74, 6) is -0.843. The molecule has 1 saturated carbocycles. The topological polar surface area (TPSA) is 62.2 Å². The monoisotopic (exact) mass is 254 g/mol. The summed E-state index contributed by atoms with van der Waals surface area (Å²) in [6.45, 7) is 5.54. The van der Waals surface area contributed by atoms with Gasteiger partial charge in [0.05, 0.1) is 5.69 Å². The highest BCUT2D eigenvalue weighted by molar-refractivity contribution is 7.13. The first-order chi connectivity index (χ1) is 7.83. The number of thiazole rings is 1. The van der Waals surface area contributed by atoms with Crippen LogP contribution < -0.4 is 5.32 Å². The van der Waals surface area contributed by atoms with Gasteiger partial charge < -0.3 is 10.4 Å². The standard InChI is InChI=1S/C12H18N2O2S/c1-11(2,9(15)16)8-7-17-10(13-8)14-12(3)5-4-6-12/h7H,4-6H2,1-3H3,(H,13,14)(H,15,16). The number of aromatic nitrogens is 1. The SMILES string of the molecule is CC1(Nc2nc(C(C)(C)C(=O)O)cs2)CCC1. The van der Waals surface area contributed by atoms with E-state index >= 15 is 0 Å². The van der Waals surface area contributed by atoms with Crippen molar-refractivity contribution in [2.75, 3.05) is 5.32 Å². The molecular weight excluding hydrogens is 236 g/mol. The van der Waals surface area contributed by atoms with E-state index in [2.05, 4.69) is 17.2 Å². The molecular formula is C12H18N2O2S. The highest BCUT2D eigenvalue weighted by Gasteiger charge is 2.35. The molecule has 0 aromatic carbocycles. The maximum atomic E-state index is 11.1. The van der Waals surface area contributed by atoms with Gasteiger partial charge in [-0.3, -0.25) is 4.79 Å². The van der Waals surface area contributed by atoms with E-state index in [4.69, 9.17) is 5.11 Å². The smallest absolute Gasteiger partial charge is 0.315 e. The molecule has 0 amide bonds. The largest absolute Gasteiger partial charge is 0.481 e. The second-order valence-electron chi connectivity index (χ2n) is 5.51. The molecule has 1 aliphatic rings. The van der Waals surface area contributed by atoms with Crippen LogP contribution in [0.25, 0.3) is 0 Å². The van der Waals surface area contributed by atoms with Crippen molar-refractivity contribution in [2.24, 2.45) is 0 Å². The van der Waals surface area contributed by atoms with E-state index in [1.54, 1.807) is 13.8 Å². The molecule has 2 rings (SSSR count). The molecule has 1 aliphatic carbocycles. The Bertz CT molecular complexity index is 435. The third-order valence-electron chi connectivity index (χ3n) is 3.55. The van der Waals surface area contributed by atoms with Gasteiger partial charge in [0.15, 0.2) is 5.13 Å². The van der Waals surface area contributed by atoms with E-state index in [1.165, 1.54) is 17.8 Å². The van der Waals surface area contributed by atoms with Gasteiger partial charge in [-0.05, 0) is 40.0 Å². The van der Waals surface area contributed by atoms with E-state index < -0.39 is 11.4 Å². The minimum absolute atomic E-state index is 0.155. The van der Waals surface area contributed by atoms with E-state index in [-0.39, 0.29) is 5.54 Å². The predicted molar refractivity (Wildman–Crippen MR) is 68.7 cm³/mol. The van der Waals surface area contributed by atoms with Gasteiger partial charge >= 0.3 is 5.97 Å². The summed E-state index contributed by atoms with van der Waals surface area (Å²) in [6.07, 6.45) is 3.57. The Hall–Kier alpha value is -1.10. The average molecular weight is 254 g/mol. The van der Waals surface area contributed by atoms with Crippen molar-refractivity contribution < 1.29 is 9.90 Å². The van der Waals surface area contributed by atoms with E-state index in [0.717, 1.165) is 18.0 Å². The van der Waals surface area contributed by atoms with Crippen LogP contribution in [0.5, 0.6) is 0 Å². The second-order valence-corrected chi connectivity index (χ2v) is 6.37. The summed E-state index contributed by atoms with van der Waals surface area (Å²) < 4.78 is 0. The molecule has 0 saturated heterocycles. The highest BCUT2D eigenvalue weighted by Crippen LogP contribution is 2.36. The summed E-state index contributed by atoms with van der Waals surface area (Å²) in [4.78, 5) is 15.5. The Balaban J connectivity index is 2.13. The van der Waals surface area contributed by atoms with Crippen LogP contribution >= 0.6 is 11.3 Å². The van der Waals surface area contributed by atoms with Crippen LogP contribution in [-0.4, -0.2) is 21.6 Å². The molecule has 1 aromatic rings. The highest BCUT2D eigenvalue weighted by atomic mass is 32.1. The first-order valence-electron chi connectivity index (χ1n) is 5.81. The van der Waals surface area contributed by atoms with Crippen LogP contribution in [0.1, 0.15) is 45.7 Å². The number of rotatable bonds is 4. The van der Waals surface area contributed by atoms with Crippen molar-refractivity contribution in [3.63, 3.8) is 0 Å². The van der Waals surface area contributed by atoms with Crippen LogP contribution in [0.4, 0.5) is 5.13 Å². The number of hydrogen-bond donors (Lipinski definition) is 2. The lowest BCUT2D eigenvalue weighted by Gasteiger charge is -2.39. The molecule has 0 spiro atoms. The minimum atomic E-state index is -0.920. The second kappa shape index (κ2) is 3.98. The summed E-state index contributed by atoms with van der Waals surface area (Å²) in [7, 11) is 0. The zero-order chi connectivity index (χ0) is 12.7. The molecule has 94 valence electrons. The molecule has 4 nitrogen and oxygen atoms in total. The van der Waals surface area contributed by atoms with Gasteiger partial charge in [-0.2, -0.15) is 0 Å². The first kappa shape index (κ1) is 12.4. The fourth-order valence-corrected chi connectivity index (χ4v) is 2.85. The number of carbonyl (C=O) groups is 1. The van der Waals surface area contributed by atoms with Crippen molar-refractivity contribution in [1.82, 2.24) is 4.98 Å². The van der Waals surface area contributed by atoms with E-state index in [9.17, 15) is 4.79 Å². The van der Waals surface area contributed by atoms with Crippen molar-refractivity contribution in [1.29, 1.82) is 0 Å². The Kier molecular flexibility index (Phi) is 2.89. The third-order valence-corrected chi connectivity index (χ3v) is 4.30. The predicted octanol–water partition coefficient (Wildman–Crippen LogP) is 2.86. The van der Waals surface area contributed by atoms with Crippen molar-refractivity contribution >= 4 is 22.4 Å². The Labute approximate surface area is 105 Å². The normalized spacial score (nSPS) is 18.5. The molecule has 17 heavy (non-hydrogen) atoms. The number of carboxylic acid groups (broad SMARTS) is 1. The van der Waals surface area contributed by atoms with Crippen molar-refractivity contribution in [2.45, 2.75) is 51.0 Å². The number of aliphatic carboxylic acids is 1. The van der Waals surface area contributed by atoms with Gasteiger partial charge in [0.25, 0.3) is 0 Å². The number of hydrogen-bond acceptors (Lipinski definition) is 4. The van der Waals surface area contributed by atoms with Gasteiger partial charge in [0, 0.05) is 10.9 Å². The van der Waals surface area contributed by atoms with Gasteiger partial charge in [-0.25, -0.2) is 4.98 Å². The molecule has 1 heterocycles. The zero-order valence-electron chi connectivity index (χ0n) is 10.4. The molecule has 0 aliphatic heterocycles. The zero-order valence-corrected chi connectivity index (χ0v) is 11.2. The van der Waals surface area contributed by atoms with Crippen LogP contribution in [0, 0.1) is 0 Å². The van der Waals surface area contributed by atoms with Gasteiger partial charge in [0.2, 0.25) is 0 Å². The van der Waals surface area contributed by atoms with Crippen molar-refractivity contribution in [3.05, 3.63) is 11.1 Å². The van der Waals surface area contributed by atoms with Crippen LogP contribution in [-0.2, 0) is 10.2 Å². The molecule has 0 bridgehead atoms. The summed E-state index contributed by atoms with van der Waals surface area (Å²) in [5, 5.41) is 15.2. The fraction of sp³-hybridized carbons (Fsp3) is 0.667. The first-order valence-corrected chi connectivity index (χ1v) is 6.69. The molecule has 0 atom stereocenters. The number of nitrogens with one attached hydrogen (secondary N) is 1. The Morgan fingerprint density at radius 2 is 2.24 bits per heavy atom. The Morgan fingerprint density at radius 1 is 1.59 bits per heavy atom. The molecule has 1 aromatic heterocycles. The van der Waals surface area contributed by atoms with Gasteiger partial charge in [-0.1, -0.05) is 0 Å². The third kappa shape index (κ3) is 2.29. The van der Waals surface area contributed by atoms with E-state index in [1.807, 2.05) is 5.38 Å². The maximum absolute atomic E-state index is 11.1. The van der Waals surface area contributed by atoms with Crippen molar-refractivity contribution in [3.8, 4) is 0 Å². The fourth-order valence-electron chi connectivity index (χ4n) is 1.82. The van der Waals surface area contributed by atoms with Crippen LogP contribution in [0.15, 0.2) is 5.38 Å². The number of nitrogens with zero attached hydrogens (tertiary/aromatic N) is 1. The lowest BCUT2D eigenvalue weighted by atomic mass is 9.79. The molecule has 0 unspecified atom stereocenters. The maximum Gasteiger partial charge on any atom is 0.315 e. The van der Waals surface area contributed by atoms with Crippen LogP contribution in [0.3, 0.4) is 0 Å². The lowest BCUT2D eigenvalue weighted by molar-refractivity contribution is -0.142. The molecule has 5 heteroatoms. The number of anilines is 1. The van der Waals surface area contributed by atoms with Gasteiger partial charge in [0.1, 0.15) is 5.41 Å². The Morgan fingerprint density at radius 3 is 2.71 bits per heavy atom. The summed E-state index contributed by atoms with van der Waals surface area (Å²) in [6, 6.07) is 0. The molecule has 0 radical (unpaired) electrons.